The third-order valence-corrected chi connectivity index (χ3v) is 4.73. The molecular formula is C23H24N2O3. The minimum Gasteiger partial charge on any atom is -0.457 e. The zero-order chi connectivity index (χ0) is 20.3. The molecule has 0 radical (unpaired) electrons. The Morgan fingerprint density at radius 3 is 2.04 bits per heavy atom. The number of rotatable bonds is 6. The first-order chi connectivity index (χ1) is 13.3. The normalized spacial score (nSPS) is 14.6. The smallest absolute Gasteiger partial charge is 0.249 e. The minimum absolute atomic E-state index is 0.0839. The molecule has 1 aliphatic rings. The number of hydrogen-bond acceptors (Lipinski definition) is 4. The molecule has 2 aromatic carbocycles. The summed E-state index contributed by atoms with van der Waals surface area (Å²) in [6, 6.07) is 16.6. The van der Waals surface area contributed by atoms with Gasteiger partial charge in [0.1, 0.15) is 11.5 Å². The second-order valence-corrected chi connectivity index (χ2v) is 8.13. The molecule has 0 heterocycles. The minimum atomic E-state index is -1.25. The van der Waals surface area contributed by atoms with E-state index in [-0.39, 0.29) is 17.1 Å². The van der Waals surface area contributed by atoms with Gasteiger partial charge in [0.15, 0.2) is 11.7 Å². The van der Waals surface area contributed by atoms with E-state index >= 15 is 0 Å². The van der Waals surface area contributed by atoms with Crippen LogP contribution in [0.1, 0.15) is 39.2 Å². The van der Waals surface area contributed by atoms with Crippen LogP contribution < -0.4 is 10.1 Å². The van der Waals surface area contributed by atoms with Crippen molar-refractivity contribution in [1.29, 1.82) is 5.26 Å². The molecule has 1 amide bonds. The second-order valence-electron chi connectivity index (χ2n) is 8.13. The summed E-state index contributed by atoms with van der Waals surface area (Å²) in [5.41, 5.74) is 1.83. The molecule has 28 heavy (non-hydrogen) atoms. The van der Waals surface area contributed by atoms with Crippen molar-refractivity contribution in [1.82, 2.24) is 0 Å². The largest absolute Gasteiger partial charge is 0.457 e. The number of ketones is 1. The number of ether oxygens (including phenoxy) is 1. The van der Waals surface area contributed by atoms with Gasteiger partial charge in [0, 0.05) is 11.6 Å². The highest BCUT2D eigenvalue weighted by atomic mass is 16.5. The van der Waals surface area contributed by atoms with Gasteiger partial charge in [-0.2, -0.15) is 5.26 Å². The molecule has 0 saturated heterocycles. The molecule has 2 aromatic rings. The number of amides is 1. The number of carbonyl (C=O) groups is 2. The molecule has 1 N–H and O–H groups in total. The Labute approximate surface area is 165 Å². The Hall–Kier alpha value is -3.13. The summed E-state index contributed by atoms with van der Waals surface area (Å²) >= 11 is 0. The zero-order valence-electron chi connectivity index (χ0n) is 16.4. The number of nitrogens with one attached hydrogen (secondary N) is 1. The van der Waals surface area contributed by atoms with Gasteiger partial charge in [-0.15, -0.1) is 0 Å². The molecule has 1 saturated carbocycles. The van der Waals surface area contributed by atoms with E-state index in [2.05, 4.69) is 26.1 Å². The van der Waals surface area contributed by atoms with Gasteiger partial charge in [-0.1, -0.05) is 32.9 Å². The summed E-state index contributed by atoms with van der Waals surface area (Å²) in [6.45, 7) is 6.47. The number of benzene rings is 2. The van der Waals surface area contributed by atoms with Gasteiger partial charge in [-0.25, -0.2) is 0 Å². The molecule has 5 heteroatoms. The summed E-state index contributed by atoms with van der Waals surface area (Å²) in [7, 11) is 0. The van der Waals surface area contributed by atoms with Crippen LogP contribution in [0.3, 0.4) is 0 Å². The highest BCUT2D eigenvalue weighted by molar-refractivity contribution is 6.10. The fourth-order valence-electron chi connectivity index (χ4n) is 2.83. The van der Waals surface area contributed by atoms with Crippen LogP contribution in [0.4, 0.5) is 5.69 Å². The van der Waals surface area contributed by atoms with Crippen LogP contribution >= 0.6 is 0 Å². The summed E-state index contributed by atoms with van der Waals surface area (Å²) < 4.78 is 5.83. The average molecular weight is 376 g/mol. The monoisotopic (exact) mass is 376 g/mol. The van der Waals surface area contributed by atoms with E-state index in [1.807, 2.05) is 30.3 Å². The Morgan fingerprint density at radius 1 is 1.04 bits per heavy atom. The van der Waals surface area contributed by atoms with Crippen molar-refractivity contribution in [3.8, 4) is 17.6 Å². The molecule has 1 aliphatic carbocycles. The van der Waals surface area contributed by atoms with Gasteiger partial charge in [0.2, 0.25) is 5.91 Å². The summed E-state index contributed by atoms with van der Waals surface area (Å²) in [6.07, 6.45) is 1.54. The first kappa shape index (κ1) is 19.6. The molecule has 0 bridgehead atoms. The highest BCUT2D eigenvalue weighted by Crippen LogP contribution is 2.33. The van der Waals surface area contributed by atoms with Crippen molar-refractivity contribution >= 4 is 17.4 Å². The Morgan fingerprint density at radius 2 is 1.57 bits per heavy atom. The zero-order valence-corrected chi connectivity index (χ0v) is 16.4. The lowest BCUT2D eigenvalue weighted by Crippen LogP contribution is -2.29. The molecule has 0 aromatic heterocycles. The predicted molar refractivity (Wildman–Crippen MR) is 107 cm³/mol. The van der Waals surface area contributed by atoms with E-state index in [9.17, 15) is 9.59 Å². The van der Waals surface area contributed by atoms with Gasteiger partial charge < -0.3 is 10.1 Å². The van der Waals surface area contributed by atoms with Crippen LogP contribution in [-0.4, -0.2) is 11.7 Å². The molecule has 1 unspecified atom stereocenters. The van der Waals surface area contributed by atoms with Gasteiger partial charge >= 0.3 is 0 Å². The summed E-state index contributed by atoms with van der Waals surface area (Å²) in [5.74, 6) is -0.873. The third-order valence-electron chi connectivity index (χ3n) is 4.73. The quantitative estimate of drug-likeness (QED) is 0.732. The van der Waals surface area contributed by atoms with E-state index < -0.39 is 11.8 Å². The predicted octanol–water partition coefficient (Wildman–Crippen LogP) is 4.83. The lowest BCUT2D eigenvalue weighted by Gasteiger charge is -2.19. The molecule has 3 rings (SSSR count). The van der Waals surface area contributed by atoms with E-state index in [1.165, 1.54) is 5.56 Å². The number of anilines is 1. The van der Waals surface area contributed by atoms with Crippen LogP contribution in [0, 0.1) is 23.2 Å². The molecule has 5 nitrogen and oxygen atoms in total. The number of nitrogens with zero attached hydrogens (tertiary/aromatic N) is 1. The number of Topliss-reactive ketones (excluding diaryl/α,β-unsaturated/α-hetero) is 1. The van der Waals surface area contributed by atoms with Gasteiger partial charge in [0.05, 0.1) is 6.07 Å². The van der Waals surface area contributed by atoms with Crippen LogP contribution in [0.15, 0.2) is 48.5 Å². The van der Waals surface area contributed by atoms with Crippen LogP contribution in [0.2, 0.25) is 0 Å². The topological polar surface area (TPSA) is 79.2 Å². The number of nitriles is 1. The summed E-state index contributed by atoms with van der Waals surface area (Å²) in [4.78, 5) is 24.2. The first-order valence-corrected chi connectivity index (χ1v) is 9.40. The second kappa shape index (κ2) is 7.85. The van der Waals surface area contributed by atoms with Crippen molar-refractivity contribution in [2.75, 3.05) is 5.32 Å². The van der Waals surface area contributed by atoms with E-state index in [0.29, 0.717) is 11.4 Å². The maximum absolute atomic E-state index is 12.2. The fraction of sp³-hybridized carbons (Fsp3) is 0.348. The van der Waals surface area contributed by atoms with Crippen LogP contribution in [0.25, 0.3) is 0 Å². The molecule has 144 valence electrons. The van der Waals surface area contributed by atoms with Crippen molar-refractivity contribution < 1.29 is 14.3 Å². The van der Waals surface area contributed by atoms with Crippen molar-refractivity contribution in [2.45, 2.75) is 39.0 Å². The van der Waals surface area contributed by atoms with Gasteiger partial charge in [-0.05, 0) is 60.2 Å². The molecule has 1 atom stereocenters. The Balaban J connectivity index is 1.61. The van der Waals surface area contributed by atoms with E-state index in [0.717, 1.165) is 18.6 Å². The summed E-state index contributed by atoms with van der Waals surface area (Å²) in [5, 5.41) is 11.8. The van der Waals surface area contributed by atoms with Crippen molar-refractivity contribution in [3.05, 3.63) is 54.1 Å². The Kier molecular flexibility index (Phi) is 5.51. The lowest BCUT2D eigenvalue weighted by molar-refractivity contribution is -0.129. The Bertz CT molecular complexity index is 899. The van der Waals surface area contributed by atoms with Crippen LogP contribution in [-0.2, 0) is 15.0 Å². The highest BCUT2D eigenvalue weighted by Gasteiger charge is 2.38. The van der Waals surface area contributed by atoms with Gasteiger partial charge in [-0.3, -0.25) is 9.59 Å². The fourth-order valence-corrected chi connectivity index (χ4v) is 2.83. The molecular weight excluding hydrogens is 352 g/mol. The standard InChI is InChI=1S/C23H24N2O3/c1-23(2,3)16-6-10-18(11-7-16)28-19-12-8-17(9-13-19)25-22(27)20(14-24)21(26)15-4-5-15/h6-13,15,20H,4-5H2,1-3H3,(H,25,27). The molecule has 1 fully saturated rings. The first-order valence-electron chi connectivity index (χ1n) is 9.40. The average Bonchev–Trinajstić information content (AvgIpc) is 3.49. The number of hydrogen-bond donors (Lipinski definition) is 1. The van der Waals surface area contributed by atoms with Crippen molar-refractivity contribution in [2.24, 2.45) is 11.8 Å². The van der Waals surface area contributed by atoms with E-state index in [4.69, 9.17) is 10.00 Å². The maximum Gasteiger partial charge on any atom is 0.249 e. The SMILES string of the molecule is CC(C)(C)c1ccc(Oc2ccc(NC(=O)C(C#N)C(=O)C3CC3)cc2)cc1. The lowest BCUT2D eigenvalue weighted by atomic mass is 9.87. The van der Waals surface area contributed by atoms with E-state index in [1.54, 1.807) is 24.3 Å². The third kappa shape index (κ3) is 4.77. The van der Waals surface area contributed by atoms with Gasteiger partial charge in [0.25, 0.3) is 0 Å². The van der Waals surface area contributed by atoms with Crippen molar-refractivity contribution in [3.63, 3.8) is 0 Å². The maximum atomic E-state index is 12.2. The molecule has 0 spiro atoms. The number of carbonyl (C=O) groups excluding carboxylic acids is 2. The van der Waals surface area contributed by atoms with Crippen LogP contribution in [0.5, 0.6) is 11.5 Å². The molecule has 0 aliphatic heterocycles.